The van der Waals surface area contributed by atoms with Gasteiger partial charge in [-0.3, -0.25) is 4.68 Å². The van der Waals surface area contributed by atoms with E-state index in [2.05, 4.69) is 43.3 Å². The van der Waals surface area contributed by atoms with Gasteiger partial charge in [0.15, 0.2) is 0 Å². The first-order valence-corrected chi connectivity index (χ1v) is 7.54. The minimum atomic E-state index is 0.0622. The minimum absolute atomic E-state index is 0.0622. The zero-order valence-corrected chi connectivity index (χ0v) is 13.9. The molecule has 0 aliphatic rings. The predicted octanol–water partition coefficient (Wildman–Crippen LogP) is 2.17. The molecule has 0 radical (unpaired) electrons. The first-order valence-electron chi connectivity index (χ1n) is 7.17. The highest BCUT2D eigenvalue weighted by Crippen LogP contribution is 2.27. The van der Waals surface area contributed by atoms with Crippen molar-refractivity contribution >= 4 is 11.6 Å². The van der Waals surface area contributed by atoms with Crippen molar-refractivity contribution in [3.63, 3.8) is 0 Å². The zero-order valence-electron chi connectivity index (χ0n) is 13.2. The molecule has 1 rings (SSSR count). The van der Waals surface area contributed by atoms with E-state index in [0.29, 0.717) is 5.02 Å². The number of hydrogen-bond acceptors (Lipinski definition) is 4. The van der Waals surface area contributed by atoms with Gasteiger partial charge in [0.05, 0.1) is 35.6 Å². The van der Waals surface area contributed by atoms with E-state index in [1.165, 1.54) is 0 Å². The van der Waals surface area contributed by atoms with Crippen LogP contribution in [0.4, 0.5) is 0 Å². The molecule has 1 N–H and O–H groups in total. The minimum Gasteiger partial charge on any atom is -0.379 e. The number of halogens is 1. The van der Waals surface area contributed by atoms with Crippen LogP contribution in [0.5, 0.6) is 0 Å². The number of nitrogens with zero attached hydrogens (tertiary/aromatic N) is 3. The van der Waals surface area contributed by atoms with Crippen LogP contribution in [-0.2, 0) is 11.3 Å². The van der Waals surface area contributed by atoms with E-state index in [1.807, 2.05) is 4.68 Å². The van der Waals surface area contributed by atoms with Crippen LogP contribution in [0, 0.1) is 0 Å². The second-order valence-electron chi connectivity index (χ2n) is 5.12. The van der Waals surface area contributed by atoms with E-state index in [0.717, 1.165) is 31.7 Å². The van der Waals surface area contributed by atoms with Gasteiger partial charge in [-0.2, -0.15) is 5.10 Å². The third-order valence-corrected chi connectivity index (χ3v) is 3.68. The molecule has 2 unspecified atom stereocenters. The summed E-state index contributed by atoms with van der Waals surface area (Å²) in [5.74, 6) is 0. The first-order chi connectivity index (χ1) is 9.54. The van der Waals surface area contributed by atoms with Gasteiger partial charge in [-0.1, -0.05) is 25.4 Å². The standard InChI is InChI=1S/C14H27ClN4O/c1-6-12(20-5)13(16-7-2)14-11(15)10-17-19(14)9-8-18(3)4/h10,12-13,16H,6-9H2,1-5H3. The van der Waals surface area contributed by atoms with Crippen LogP contribution in [0.3, 0.4) is 0 Å². The number of rotatable bonds is 9. The molecule has 5 nitrogen and oxygen atoms in total. The van der Waals surface area contributed by atoms with Crippen LogP contribution in [-0.4, -0.2) is 55.1 Å². The van der Waals surface area contributed by atoms with Crippen molar-refractivity contribution < 1.29 is 4.74 Å². The van der Waals surface area contributed by atoms with Crippen LogP contribution in [0.15, 0.2) is 6.20 Å². The number of aromatic nitrogens is 2. The Morgan fingerprint density at radius 3 is 2.65 bits per heavy atom. The molecular formula is C14H27ClN4O. The lowest BCUT2D eigenvalue weighted by Crippen LogP contribution is -2.35. The van der Waals surface area contributed by atoms with E-state index >= 15 is 0 Å². The summed E-state index contributed by atoms with van der Waals surface area (Å²) in [6.07, 6.45) is 2.73. The predicted molar refractivity (Wildman–Crippen MR) is 83.3 cm³/mol. The molecule has 0 aliphatic heterocycles. The molecule has 116 valence electrons. The van der Waals surface area contributed by atoms with Crippen molar-refractivity contribution in [3.8, 4) is 0 Å². The lowest BCUT2D eigenvalue weighted by molar-refractivity contribution is 0.0626. The van der Waals surface area contributed by atoms with Gasteiger partial charge in [0, 0.05) is 13.7 Å². The van der Waals surface area contributed by atoms with Gasteiger partial charge in [0.1, 0.15) is 0 Å². The van der Waals surface area contributed by atoms with Gasteiger partial charge >= 0.3 is 0 Å². The molecule has 0 aliphatic carbocycles. The van der Waals surface area contributed by atoms with Crippen LogP contribution in [0.25, 0.3) is 0 Å². The number of methoxy groups -OCH3 is 1. The maximum atomic E-state index is 6.36. The van der Waals surface area contributed by atoms with Crippen molar-refractivity contribution in [2.45, 2.75) is 39.0 Å². The van der Waals surface area contributed by atoms with Crippen LogP contribution < -0.4 is 5.32 Å². The van der Waals surface area contributed by atoms with E-state index < -0.39 is 0 Å². The first kappa shape index (κ1) is 17.4. The van der Waals surface area contributed by atoms with E-state index in [1.54, 1.807) is 13.3 Å². The number of hydrogen-bond donors (Lipinski definition) is 1. The van der Waals surface area contributed by atoms with Crippen LogP contribution in [0.2, 0.25) is 5.02 Å². The maximum Gasteiger partial charge on any atom is 0.0835 e. The highest BCUT2D eigenvalue weighted by atomic mass is 35.5. The molecule has 6 heteroatoms. The molecule has 0 aromatic carbocycles. The van der Waals surface area contributed by atoms with Gasteiger partial charge in [-0.15, -0.1) is 0 Å². The summed E-state index contributed by atoms with van der Waals surface area (Å²) in [5, 5.41) is 8.58. The van der Waals surface area contributed by atoms with E-state index in [4.69, 9.17) is 16.3 Å². The average Bonchev–Trinajstić information content (AvgIpc) is 2.77. The Bertz CT molecular complexity index is 391. The summed E-state index contributed by atoms with van der Waals surface area (Å²) in [7, 11) is 5.85. The SMILES string of the molecule is CCNC(c1c(Cl)cnn1CCN(C)C)C(CC)OC. The van der Waals surface area contributed by atoms with Gasteiger partial charge in [-0.25, -0.2) is 0 Å². The normalized spacial score (nSPS) is 14.8. The maximum absolute atomic E-state index is 6.36. The van der Waals surface area contributed by atoms with Crippen molar-refractivity contribution in [3.05, 3.63) is 16.9 Å². The smallest absolute Gasteiger partial charge is 0.0835 e. The second-order valence-corrected chi connectivity index (χ2v) is 5.53. The van der Waals surface area contributed by atoms with Crippen LogP contribution in [0.1, 0.15) is 32.0 Å². The summed E-state index contributed by atoms with van der Waals surface area (Å²) in [5.41, 5.74) is 1.02. The Labute approximate surface area is 127 Å². The van der Waals surface area contributed by atoms with Gasteiger partial charge in [-0.05, 0) is 27.1 Å². The highest BCUT2D eigenvalue weighted by molar-refractivity contribution is 6.31. The Hall–Kier alpha value is -0.620. The molecule has 0 saturated heterocycles. The lowest BCUT2D eigenvalue weighted by Gasteiger charge is -2.27. The summed E-state index contributed by atoms with van der Waals surface area (Å²) in [6, 6.07) is 0.0622. The van der Waals surface area contributed by atoms with Crippen LogP contribution >= 0.6 is 11.6 Å². The van der Waals surface area contributed by atoms with Gasteiger partial charge < -0.3 is 15.0 Å². The van der Waals surface area contributed by atoms with Crippen molar-refractivity contribution in [2.24, 2.45) is 0 Å². The Balaban J connectivity index is 3.02. The molecule has 1 aromatic rings. The largest absolute Gasteiger partial charge is 0.379 e. The summed E-state index contributed by atoms with van der Waals surface area (Å²) >= 11 is 6.36. The second kappa shape index (κ2) is 8.62. The molecule has 0 amide bonds. The van der Waals surface area contributed by atoms with Crippen molar-refractivity contribution in [2.75, 3.05) is 34.3 Å². The number of nitrogens with one attached hydrogen (secondary N) is 1. The Kier molecular flexibility index (Phi) is 7.51. The summed E-state index contributed by atoms with van der Waals surface area (Å²) < 4.78 is 7.58. The fraction of sp³-hybridized carbons (Fsp3) is 0.786. The quantitative estimate of drug-likeness (QED) is 0.759. The molecule has 0 fully saturated rings. The fourth-order valence-electron chi connectivity index (χ4n) is 2.32. The molecule has 0 bridgehead atoms. The lowest BCUT2D eigenvalue weighted by atomic mass is 10.0. The topological polar surface area (TPSA) is 42.3 Å². The number of ether oxygens (including phenoxy) is 1. The molecule has 0 saturated carbocycles. The monoisotopic (exact) mass is 302 g/mol. The Morgan fingerprint density at radius 2 is 2.15 bits per heavy atom. The molecule has 1 heterocycles. The number of likely N-dealkylation sites (N-methyl/N-ethyl adjacent to an activating group) is 2. The van der Waals surface area contributed by atoms with Crippen molar-refractivity contribution in [1.82, 2.24) is 20.0 Å². The van der Waals surface area contributed by atoms with Crippen molar-refractivity contribution in [1.29, 1.82) is 0 Å². The Morgan fingerprint density at radius 1 is 1.45 bits per heavy atom. The van der Waals surface area contributed by atoms with E-state index in [-0.39, 0.29) is 12.1 Å². The molecule has 20 heavy (non-hydrogen) atoms. The molecule has 0 spiro atoms. The third kappa shape index (κ3) is 4.45. The van der Waals surface area contributed by atoms with Gasteiger partial charge in [0.2, 0.25) is 0 Å². The zero-order chi connectivity index (χ0) is 15.1. The molecular weight excluding hydrogens is 276 g/mol. The molecule has 2 atom stereocenters. The summed E-state index contributed by atoms with van der Waals surface area (Å²) in [6.45, 7) is 6.81. The fourth-order valence-corrected chi connectivity index (χ4v) is 2.58. The molecule has 1 aromatic heterocycles. The summed E-state index contributed by atoms with van der Waals surface area (Å²) in [4.78, 5) is 2.13. The van der Waals surface area contributed by atoms with Gasteiger partial charge in [0.25, 0.3) is 0 Å². The van der Waals surface area contributed by atoms with E-state index in [9.17, 15) is 0 Å². The average molecular weight is 303 g/mol. The third-order valence-electron chi connectivity index (χ3n) is 3.39. The highest BCUT2D eigenvalue weighted by Gasteiger charge is 2.26.